The molecule has 0 saturated carbocycles. The number of aromatic nitrogens is 8. The van der Waals surface area contributed by atoms with E-state index in [1.54, 1.807) is 67.8 Å². The average molecular weight is 1160 g/mol. The average Bonchev–Trinajstić information content (AvgIpc) is 3.99. The zero-order valence-electron chi connectivity index (χ0n) is 29.3. The molecule has 0 aliphatic rings. The summed E-state index contributed by atoms with van der Waals surface area (Å²) >= 11 is 0. The number of halogens is 4. The van der Waals surface area contributed by atoms with Crippen LogP contribution in [0.15, 0.2) is 122 Å². The van der Waals surface area contributed by atoms with Crippen molar-refractivity contribution in [1.29, 1.82) is 0 Å². The maximum absolute atomic E-state index is 13.4. The van der Waals surface area contributed by atoms with Crippen molar-refractivity contribution in [2.45, 2.75) is 13.3 Å². The molecular weight excluding hydrogens is 1130 g/mol. The van der Waals surface area contributed by atoms with E-state index in [1.165, 1.54) is 18.3 Å². The van der Waals surface area contributed by atoms with Gasteiger partial charge < -0.3 is 49.6 Å². The van der Waals surface area contributed by atoms with Crippen LogP contribution in [0, 0.1) is 48.6 Å². The molecule has 8 rings (SSSR count). The summed E-state index contributed by atoms with van der Waals surface area (Å²) < 4.78 is 65.6. The third kappa shape index (κ3) is 10.7. The Morgan fingerprint density at radius 2 is 0.828 bits per heavy atom. The Hall–Kier alpha value is -6.06. The summed E-state index contributed by atoms with van der Waals surface area (Å²) in [6.45, 7) is 0.542. The zero-order chi connectivity index (χ0) is 37.9. The molecule has 14 nitrogen and oxygen atoms in total. The topological polar surface area (TPSA) is 190 Å². The van der Waals surface area contributed by atoms with E-state index in [2.05, 4.69) is 25.3 Å². The number of rotatable bonds is 8. The van der Waals surface area contributed by atoms with Crippen LogP contribution in [0.25, 0.3) is 22.7 Å². The predicted octanol–water partition coefficient (Wildman–Crippen LogP) is -0.905. The van der Waals surface area contributed by atoms with E-state index in [0.29, 0.717) is 0 Å². The minimum Gasteiger partial charge on any atom is -0.877 e. The Morgan fingerprint density at radius 3 is 1.22 bits per heavy atom. The molecular formula is C38H28F4N8O6Pt2. The molecule has 4 N–H and O–H groups in total. The van der Waals surface area contributed by atoms with Gasteiger partial charge in [0.1, 0.15) is 23.3 Å². The van der Waals surface area contributed by atoms with Crippen molar-refractivity contribution in [1.82, 2.24) is 18.3 Å². The van der Waals surface area contributed by atoms with E-state index in [1.807, 2.05) is 0 Å². The second kappa shape index (κ2) is 19.9. The second-order valence-corrected chi connectivity index (χ2v) is 11.7. The molecule has 4 aromatic heterocycles. The van der Waals surface area contributed by atoms with Gasteiger partial charge in [-0.3, -0.25) is 18.3 Å². The standard InChI is InChI=1S/2C19H14F2N4O2.2H2O.2Pt/c2*20-14-1-3-18(26)16(9-14)24-7-5-22(12-24)11-23-6-8-25(13-23)17-10-15(21)2-4-19(17)27;;;;/h2*1-10,26-27H,11H2;2*1H2;;/q;;;;2*+2/p-4. The molecule has 0 spiro atoms. The van der Waals surface area contributed by atoms with Crippen molar-refractivity contribution < 1.29 is 109 Å². The van der Waals surface area contributed by atoms with Gasteiger partial charge in [-0.05, 0) is 48.5 Å². The first-order valence-electron chi connectivity index (χ1n) is 15.9. The molecule has 304 valence electrons. The molecule has 0 aliphatic heterocycles. The molecule has 0 fully saturated rings. The summed E-state index contributed by atoms with van der Waals surface area (Å²) in [5.74, 6) is -3.35. The first-order valence-corrected chi connectivity index (χ1v) is 15.9. The van der Waals surface area contributed by atoms with Gasteiger partial charge >= 0.3 is 42.1 Å². The van der Waals surface area contributed by atoms with E-state index in [9.17, 15) is 38.0 Å². The molecule has 0 atom stereocenters. The molecule has 0 amide bonds. The number of hydrogen-bond donors (Lipinski definition) is 0. The van der Waals surface area contributed by atoms with Gasteiger partial charge in [0.05, 0.1) is 0 Å². The van der Waals surface area contributed by atoms with E-state index >= 15 is 0 Å². The van der Waals surface area contributed by atoms with E-state index in [0.717, 1.165) is 72.8 Å². The monoisotopic (exact) mass is 1160 g/mol. The summed E-state index contributed by atoms with van der Waals surface area (Å²) in [7, 11) is 0. The van der Waals surface area contributed by atoms with Gasteiger partial charge in [0.25, 0.3) is 0 Å². The third-order valence-electron chi connectivity index (χ3n) is 7.86. The van der Waals surface area contributed by atoms with Crippen molar-refractivity contribution in [2.75, 3.05) is 0 Å². The van der Waals surface area contributed by atoms with Crippen molar-refractivity contribution in [2.24, 2.45) is 0 Å². The van der Waals surface area contributed by atoms with Crippen molar-refractivity contribution >= 4 is 0 Å². The minimum atomic E-state index is -0.512. The van der Waals surface area contributed by atoms with Crippen LogP contribution in [0.3, 0.4) is 0 Å². The first kappa shape index (κ1) is 46.3. The Balaban J connectivity index is 0.000000290. The summed E-state index contributed by atoms with van der Waals surface area (Å²) in [4.78, 5) is 0. The van der Waals surface area contributed by atoms with Gasteiger partial charge in [0, 0.05) is 72.3 Å². The summed E-state index contributed by atoms with van der Waals surface area (Å²) in [6, 6.07) is 13.6. The molecule has 0 bridgehead atoms. The maximum Gasteiger partial charge on any atom is 2.00 e. The number of benzene rings is 4. The smallest absolute Gasteiger partial charge is 0.877 e. The van der Waals surface area contributed by atoms with E-state index < -0.39 is 23.3 Å². The zero-order valence-corrected chi connectivity index (χ0v) is 33.9. The number of hydrogen-bond acceptors (Lipinski definition) is 4. The predicted molar refractivity (Wildman–Crippen MR) is 175 cm³/mol. The van der Waals surface area contributed by atoms with Gasteiger partial charge in [0.15, 0.2) is 13.3 Å². The molecule has 8 aromatic rings. The molecule has 4 heterocycles. The van der Waals surface area contributed by atoms with Crippen LogP contribution < -0.4 is 38.7 Å². The molecule has 4 aromatic carbocycles. The van der Waals surface area contributed by atoms with Crippen LogP contribution in [0.2, 0.25) is 0 Å². The number of nitrogens with zero attached hydrogens (tertiary/aromatic N) is 8. The van der Waals surface area contributed by atoms with Crippen LogP contribution in [0.4, 0.5) is 17.6 Å². The van der Waals surface area contributed by atoms with E-state index in [4.69, 9.17) is 0 Å². The van der Waals surface area contributed by atoms with Gasteiger partial charge in [-0.1, -0.05) is 24.3 Å². The quantitative estimate of drug-likeness (QED) is 0.108. The van der Waals surface area contributed by atoms with Crippen LogP contribution in [0.5, 0.6) is 23.0 Å². The largest absolute Gasteiger partial charge is 2.00 e. The SMILES string of the molecule is O.O.[O-]c1ccc(F)cc1-[n+]1[c-]n(Cn2[c-][n+](-c3cc(F)ccc3[O-])cc2)cc1.[O-]c1ccc(F)cc1-n1[c-][n+](C[n+]2[c-]n(-c3cc(F)ccc3[O-])cc2)cc1.[Pt+2].[Pt+2]. The summed E-state index contributed by atoms with van der Waals surface area (Å²) in [5, 5.41) is 47.5. The minimum absolute atomic E-state index is 0. The molecule has 0 radical (unpaired) electrons. The van der Waals surface area contributed by atoms with E-state index in [-0.39, 0.29) is 112 Å². The fraction of sp³-hybridized carbons (Fsp3) is 0.0526. The fourth-order valence-corrected chi connectivity index (χ4v) is 5.30. The van der Waals surface area contributed by atoms with Crippen molar-refractivity contribution in [3.8, 4) is 45.7 Å². The maximum atomic E-state index is 13.4. The second-order valence-electron chi connectivity index (χ2n) is 11.7. The van der Waals surface area contributed by atoms with Gasteiger partial charge in [-0.25, -0.2) is 17.6 Å². The van der Waals surface area contributed by atoms with Crippen LogP contribution in [-0.4, -0.2) is 29.2 Å². The van der Waals surface area contributed by atoms with Crippen molar-refractivity contribution in [3.63, 3.8) is 0 Å². The van der Waals surface area contributed by atoms with Crippen LogP contribution in [-0.2, 0) is 55.5 Å². The molecule has 0 unspecified atom stereocenters. The molecule has 0 saturated heterocycles. The first-order chi connectivity index (χ1) is 26.0. The fourth-order valence-electron chi connectivity index (χ4n) is 5.30. The third-order valence-corrected chi connectivity index (χ3v) is 7.86. The normalized spacial score (nSPS) is 10.3. The van der Waals surface area contributed by atoms with Crippen molar-refractivity contribution in [3.05, 3.63) is 171 Å². The Kier molecular flexibility index (Phi) is 15.9. The van der Waals surface area contributed by atoms with Gasteiger partial charge in [-0.15, -0.1) is 23.0 Å². The van der Waals surface area contributed by atoms with Gasteiger partial charge in [0.2, 0.25) is 25.3 Å². The molecule has 0 aliphatic carbocycles. The van der Waals surface area contributed by atoms with Crippen LogP contribution in [0.1, 0.15) is 0 Å². The molecule has 58 heavy (non-hydrogen) atoms. The summed E-state index contributed by atoms with van der Waals surface area (Å²) in [6.07, 6.45) is 24.6. The Bertz CT molecular complexity index is 2260. The number of imidazole rings is 4. The Labute approximate surface area is 356 Å². The van der Waals surface area contributed by atoms with Gasteiger partial charge in [-0.2, -0.15) is 0 Å². The Morgan fingerprint density at radius 1 is 0.466 bits per heavy atom. The molecule has 20 heteroatoms. The summed E-state index contributed by atoms with van der Waals surface area (Å²) in [5.41, 5.74) is 0.597. The van der Waals surface area contributed by atoms with Crippen LogP contribution >= 0.6 is 0 Å².